The van der Waals surface area contributed by atoms with Crippen LogP contribution in [0.5, 0.6) is 5.75 Å². The standard InChI is InChI=1S/C20H34N4O/c1-17(16-24-13-7-4-8-14-24)15-23-20(21-2)22-12-11-18-9-5-6-10-19(18)25-3/h5-6,9-10,17H,4,7-8,11-16H2,1-3H3,(H2,21,22,23). The first-order chi connectivity index (χ1) is 12.2. The topological polar surface area (TPSA) is 48.9 Å². The van der Waals surface area contributed by atoms with Gasteiger partial charge in [-0.15, -0.1) is 0 Å². The van der Waals surface area contributed by atoms with Crippen molar-refractivity contribution < 1.29 is 4.74 Å². The van der Waals surface area contributed by atoms with E-state index in [0.29, 0.717) is 5.92 Å². The molecule has 0 radical (unpaired) electrons. The molecule has 1 aliphatic heterocycles. The number of para-hydroxylation sites is 1. The fourth-order valence-corrected chi connectivity index (χ4v) is 3.36. The zero-order valence-electron chi connectivity index (χ0n) is 16.1. The average Bonchev–Trinajstić information content (AvgIpc) is 2.65. The highest BCUT2D eigenvalue weighted by atomic mass is 16.5. The minimum Gasteiger partial charge on any atom is -0.496 e. The van der Waals surface area contributed by atoms with Crippen molar-refractivity contribution in [3.63, 3.8) is 0 Å². The van der Waals surface area contributed by atoms with Crippen LogP contribution in [0.25, 0.3) is 0 Å². The van der Waals surface area contributed by atoms with E-state index in [9.17, 15) is 0 Å². The van der Waals surface area contributed by atoms with Gasteiger partial charge in [-0.25, -0.2) is 0 Å². The van der Waals surface area contributed by atoms with Gasteiger partial charge < -0.3 is 20.3 Å². The maximum atomic E-state index is 5.40. The summed E-state index contributed by atoms with van der Waals surface area (Å²) in [6, 6.07) is 8.16. The molecule has 1 saturated heterocycles. The summed E-state index contributed by atoms with van der Waals surface area (Å²) in [6.07, 6.45) is 5.01. The number of hydrogen-bond donors (Lipinski definition) is 2. The van der Waals surface area contributed by atoms with Crippen molar-refractivity contribution >= 4 is 5.96 Å². The SMILES string of the molecule is CN=C(NCCc1ccccc1OC)NCC(C)CN1CCCCC1. The van der Waals surface area contributed by atoms with Gasteiger partial charge in [0.1, 0.15) is 5.75 Å². The van der Waals surface area contributed by atoms with Gasteiger partial charge in [0.25, 0.3) is 0 Å². The summed E-state index contributed by atoms with van der Waals surface area (Å²) in [7, 11) is 3.55. The Hall–Kier alpha value is -1.75. The van der Waals surface area contributed by atoms with Crippen molar-refractivity contribution in [2.24, 2.45) is 10.9 Å². The van der Waals surface area contributed by atoms with Crippen molar-refractivity contribution in [3.8, 4) is 5.75 Å². The van der Waals surface area contributed by atoms with E-state index in [1.54, 1.807) is 7.11 Å². The number of aliphatic imine (C=N–C) groups is 1. The maximum Gasteiger partial charge on any atom is 0.190 e. The Balaban J connectivity index is 1.67. The Morgan fingerprint density at radius 1 is 1.20 bits per heavy atom. The second-order valence-corrected chi connectivity index (χ2v) is 6.91. The third-order valence-electron chi connectivity index (χ3n) is 4.74. The molecule has 25 heavy (non-hydrogen) atoms. The van der Waals surface area contributed by atoms with Gasteiger partial charge in [-0.1, -0.05) is 31.5 Å². The van der Waals surface area contributed by atoms with Crippen LogP contribution in [-0.2, 0) is 6.42 Å². The van der Waals surface area contributed by atoms with Gasteiger partial charge in [-0.05, 0) is 49.9 Å². The molecule has 5 nitrogen and oxygen atoms in total. The number of methoxy groups -OCH3 is 1. The molecule has 1 atom stereocenters. The average molecular weight is 347 g/mol. The van der Waals surface area contributed by atoms with Crippen molar-refractivity contribution in [1.29, 1.82) is 0 Å². The van der Waals surface area contributed by atoms with E-state index in [0.717, 1.165) is 31.2 Å². The summed E-state index contributed by atoms with van der Waals surface area (Å²) < 4.78 is 5.40. The molecule has 140 valence electrons. The predicted molar refractivity (Wildman–Crippen MR) is 106 cm³/mol. The lowest BCUT2D eigenvalue weighted by Gasteiger charge is -2.29. The van der Waals surface area contributed by atoms with Crippen molar-refractivity contribution in [3.05, 3.63) is 29.8 Å². The molecule has 1 heterocycles. The lowest BCUT2D eigenvalue weighted by atomic mass is 10.1. The first kappa shape index (κ1) is 19.6. The first-order valence-corrected chi connectivity index (χ1v) is 9.51. The summed E-state index contributed by atoms with van der Waals surface area (Å²) in [6.45, 7) is 7.78. The van der Waals surface area contributed by atoms with Crippen LogP contribution in [0, 0.1) is 5.92 Å². The maximum absolute atomic E-state index is 5.40. The number of nitrogens with zero attached hydrogens (tertiary/aromatic N) is 2. The van der Waals surface area contributed by atoms with Crippen molar-refractivity contribution in [2.75, 3.05) is 46.9 Å². The number of nitrogens with one attached hydrogen (secondary N) is 2. The number of hydrogen-bond acceptors (Lipinski definition) is 3. The Morgan fingerprint density at radius 3 is 2.68 bits per heavy atom. The van der Waals surface area contributed by atoms with Gasteiger partial charge in [-0.2, -0.15) is 0 Å². The molecule has 0 bridgehead atoms. The second kappa shape index (κ2) is 11.0. The lowest BCUT2D eigenvalue weighted by Crippen LogP contribution is -2.43. The molecule has 0 amide bonds. The summed E-state index contributed by atoms with van der Waals surface area (Å²) >= 11 is 0. The van der Waals surface area contributed by atoms with Crippen LogP contribution in [0.4, 0.5) is 0 Å². The van der Waals surface area contributed by atoms with E-state index < -0.39 is 0 Å². The Morgan fingerprint density at radius 2 is 1.96 bits per heavy atom. The number of guanidine groups is 1. The third kappa shape index (κ3) is 6.94. The smallest absolute Gasteiger partial charge is 0.190 e. The van der Waals surface area contributed by atoms with Crippen LogP contribution in [0.1, 0.15) is 31.7 Å². The van der Waals surface area contributed by atoms with Crippen LogP contribution < -0.4 is 15.4 Å². The van der Waals surface area contributed by atoms with Crippen LogP contribution in [-0.4, -0.2) is 57.7 Å². The molecule has 0 aliphatic carbocycles. The van der Waals surface area contributed by atoms with Crippen molar-refractivity contribution in [1.82, 2.24) is 15.5 Å². The normalized spacial score (nSPS) is 17.2. The summed E-state index contributed by atoms with van der Waals surface area (Å²) in [4.78, 5) is 6.92. The van der Waals surface area contributed by atoms with Crippen molar-refractivity contribution in [2.45, 2.75) is 32.6 Å². The molecular weight excluding hydrogens is 312 g/mol. The molecule has 1 aromatic rings. The molecule has 0 aromatic heterocycles. The molecule has 0 saturated carbocycles. The molecular formula is C20H34N4O. The zero-order valence-corrected chi connectivity index (χ0v) is 16.1. The van der Waals surface area contributed by atoms with E-state index in [-0.39, 0.29) is 0 Å². The quantitative estimate of drug-likeness (QED) is 0.561. The molecule has 1 aromatic carbocycles. The largest absolute Gasteiger partial charge is 0.496 e. The number of piperidine rings is 1. The highest BCUT2D eigenvalue weighted by Gasteiger charge is 2.13. The Bertz CT molecular complexity index is 526. The molecule has 2 rings (SSSR count). The lowest BCUT2D eigenvalue weighted by molar-refractivity contribution is 0.201. The molecule has 2 N–H and O–H groups in total. The second-order valence-electron chi connectivity index (χ2n) is 6.91. The fourth-order valence-electron chi connectivity index (χ4n) is 3.36. The molecule has 5 heteroatoms. The van der Waals surface area contributed by atoms with Gasteiger partial charge in [0.15, 0.2) is 5.96 Å². The summed E-state index contributed by atoms with van der Waals surface area (Å²) in [5, 5.41) is 6.85. The fraction of sp³-hybridized carbons (Fsp3) is 0.650. The summed E-state index contributed by atoms with van der Waals surface area (Å²) in [5.74, 6) is 2.44. The summed E-state index contributed by atoms with van der Waals surface area (Å²) in [5.41, 5.74) is 1.21. The van der Waals surface area contributed by atoms with Crippen LogP contribution in [0.2, 0.25) is 0 Å². The van der Waals surface area contributed by atoms with E-state index in [1.807, 2.05) is 25.2 Å². The molecule has 1 fully saturated rings. The van der Waals surface area contributed by atoms with E-state index in [2.05, 4.69) is 33.5 Å². The predicted octanol–water partition coefficient (Wildman–Crippen LogP) is 2.52. The molecule has 1 unspecified atom stereocenters. The van der Waals surface area contributed by atoms with Gasteiger partial charge >= 0.3 is 0 Å². The number of ether oxygens (including phenoxy) is 1. The minimum absolute atomic E-state index is 0.617. The van der Waals surface area contributed by atoms with Gasteiger partial charge in [0, 0.05) is 26.7 Å². The minimum atomic E-state index is 0.617. The number of benzene rings is 1. The van der Waals surface area contributed by atoms with E-state index in [1.165, 1.54) is 44.5 Å². The van der Waals surface area contributed by atoms with Crippen LogP contribution in [0.15, 0.2) is 29.3 Å². The number of likely N-dealkylation sites (tertiary alicyclic amines) is 1. The van der Waals surface area contributed by atoms with E-state index >= 15 is 0 Å². The van der Waals surface area contributed by atoms with Gasteiger partial charge in [0.05, 0.1) is 7.11 Å². The number of rotatable bonds is 8. The van der Waals surface area contributed by atoms with Crippen LogP contribution in [0.3, 0.4) is 0 Å². The monoisotopic (exact) mass is 346 g/mol. The third-order valence-corrected chi connectivity index (χ3v) is 4.74. The molecule has 0 spiro atoms. The first-order valence-electron chi connectivity index (χ1n) is 9.51. The van der Waals surface area contributed by atoms with E-state index in [4.69, 9.17) is 4.74 Å². The highest BCUT2D eigenvalue weighted by molar-refractivity contribution is 5.79. The van der Waals surface area contributed by atoms with Gasteiger partial charge in [0.2, 0.25) is 0 Å². The Labute approximate surface area is 152 Å². The highest BCUT2D eigenvalue weighted by Crippen LogP contribution is 2.17. The molecule has 1 aliphatic rings. The van der Waals surface area contributed by atoms with Gasteiger partial charge in [-0.3, -0.25) is 4.99 Å². The Kier molecular flexibility index (Phi) is 8.60. The van der Waals surface area contributed by atoms with Crippen LogP contribution >= 0.6 is 0 Å². The zero-order chi connectivity index (χ0) is 17.9.